The van der Waals surface area contributed by atoms with Crippen molar-refractivity contribution in [2.45, 2.75) is 5.41 Å². The predicted octanol–water partition coefficient (Wildman–Crippen LogP) is 15.6. The van der Waals surface area contributed by atoms with Gasteiger partial charge in [0.05, 0.1) is 27.5 Å². The molecule has 0 amide bonds. The van der Waals surface area contributed by atoms with E-state index in [1.807, 2.05) is 0 Å². The van der Waals surface area contributed by atoms with Crippen LogP contribution in [-0.4, -0.2) is 9.13 Å². The minimum Gasteiger partial charge on any atom is -0.309 e. The van der Waals surface area contributed by atoms with Gasteiger partial charge in [0.15, 0.2) is 0 Å². The largest absolute Gasteiger partial charge is 0.309 e. The molecule has 294 valence electrons. The summed E-state index contributed by atoms with van der Waals surface area (Å²) in [6, 6.07) is 89.5. The van der Waals surface area contributed by atoms with E-state index >= 15 is 0 Å². The molecule has 2 aromatic heterocycles. The highest BCUT2D eigenvalue weighted by atomic mass is 15.0. The fourth-order valence-electron chi connectivity index (χ4n) is 10.9. The highest BCUT2D eigenvalue weighted by Gasteiger charge is 2.45. The van der Waals surface area contributed by atoms with Crippen LogP contribution in [0.1, 0.15) is 22.3 Å². The Morgan fingerprint density at radius 1 is 0.254 bits per heavy atom. The molecule has 2 nitrogen and oxygen atoms in total. The summed E-state index contributed by atoms with van der Waals surface area (Å²) in [6.07, 6.45) is 0. The summed E-state index contributed by atoms with van der Waals surface area (Å²) in [5.41, 5.74) is 19.3. The van der Waals surface area contributed by atoms with Crippen molar-refractivity contribution in [3.63, 3.8) is 0 Å². The minimum absolute atomic E-state index is 0.428. The number of para-hydroxylation sites is 2. The maximum absolute atomic E-state index is 2.43. The van der Waals surface area contributed by atoms with E-state index < -0.39 is 5.41 Å². The molecule has 2 heterocycles. The number of nitrogens with zero attached hydrogens (tertiary/aromatic N) is 2. The lowest BCUT2D eigenvalue weighted by Gasteiger charge is -2.34. The number of fused-ring (bicyclic) bond motifs is 9. The van der Waals surface area contributed by atoms with E-state index in [0.29, 0.717) is 0 Å². The first-order chi connectivity index (χ1) is 31.3. The van der Waals surface area contributed by atoms with Gasteiger partial charge in [-0.2, -0.15) is 0 Å². The van der Waals surface area contributed by atoms with Crippen LogP contribution in [0.25, 0.3) is 88.4 Å². The second-order valence-electron chi connectivity index (χ2n) is 16.8. The van der Waals surface area contributed by atoms with Gasteiger partial charge >= 0.3 is 0 Å². The third-order valence-electron chi connectivity index (χ3n) is 13.6. The molecule has 0 saturated heterocycles. The second-order valence-corrected chi connectivity index (χ2v) is 16.8. The topological polar surface area (TPSA) is 9.86 Å². The fraction of sp³-hybridized carbons (Fsp3) is 0.0164. The van der Waals surface area contributed by atoms with Crippen LogP contribution < -0.4 is 0 Å². The SMILES string of the molecule is c1ccc(-c2cccc(-n3c4ccccc4c4cc(-c5ccc6c(c5)c5ccccc5n6-c5ccc(C6(c7ccccc7)c7ccccc7-c7ccccc76)cc5)ccc43)c2)cc1. The minimum atomic E-state index is -0.428. The second kappa shape index (κ2) is 13.9. The molecule has 0 N–H and O–H groups in total. The van der Waals surface area contributed by atoms with E-state index in [1.165, 1.54) is 99.2 Å². The van der Waals surface area contributed by atoms with Crippen molar-refractivity contribution in [2.75, 3.05) is 0 Å². The first-order valence-electron chi connectivity index (χ1n) is 21.8. The zero-order valence-corrected chi connectivity index (χ0v) is 34.5. The van der Waals surface area contributed by atoms with E-state index in [9.17, 15) is 0 Å². The summed E-state index contributed by atoms with van der Waals surface area (Å²) < 4.78 is 4.85. The Balaban J connectivity index is 0.934. The number of aromatic nitrogens is 2. The standard InChI is InChI=1S/C61H40N2/c1-3-16-41(17-4-1)42-18-15-21-48(38-42)63-58-29-14-10-25-52(58)54-40-44(31-37-60(54)63)43-30-36-59-53(39-43)51-24-9-13-28-57(51)62(59)47-34-32-46(33-35-47)61(45-19-5-2-6-20-45)55-26-11-7-22-49(55)50-23-8-12-27-56(50)61/h1-40H. The van der Waals surface area contributed by atoms with E-state index in [0.717, 1.165) is 11.4 Å². The Morgan fingerprint density at radius 3 is 1.30 bits per heavy atom. The summed E-state index contributed by atoms with van der Waals surface area (Å²) >= 11 is 0. The third-order valence-corrected chi connectivity index (χ3v) is 13.6. The van der Waals surface area contributed by atoms with E-state index in [-0.39, 0.29) is 0 Å². The summed E-state index contributed by atoms with van der Waals surface area (Å²) in [4.78, 5) is 0. The van der Waals surface area contributed by atoms with Gasteiger partial charge in [0.2, 0.25) is 0 Å². The van der Waals surface area contributed by atoms with Crippen LogP contribution in [0.4, 0.5) is 0 Å². The molecule has 10 aromatic carbocycles. The summed E-state index contributed by atoms with van der Waals surface area (Å²) in [5.74, 6) is 0. The molecule has 0 radical (unpaired) electrons. The van der Waals surface area contributed by atoms with Crippen molar-refractivity contribution in [3.05, 3.63) is 265 Å². The van der Waals surface area contributed by atoms with Gasteiger partial charge in [-0.15, -0.1) is 0 Å². The zero-order chi connectivity index (χ0) is 41.5. The first kappa shape index (κ1) is 35.5. The van der Waals surface area contributed by atoms with Crippen LogP contribution in [0, 0.1) is 0 Å². The van der Waals surface area contributed by atoms with E-state index in [4.69, 9.17) is 0 Å². The van der Waals surface area contributed by atoms with Crippen LogP contribution in [0.3, 0.4) is 0 Å². The van der Waals surface area contributed by atoms with Gasteiger partial charge in [0.25, 0.3) is 0 Å². The highest BCUT2D eigenvalue weighted by Crippen LogP contribution is 2.56. The van der Waals surface area contributed by atoms with Gasteiger partial charge in [-0.05, 0) is 116 Å². The van der Waals surface area contributed by atoms with Gasteiger partial charge in [-0.25, -0.2) is 0 Å². The first-order valence-corrected chi connectivity index (χ1v) is 21.8. The van der Waals surface area contributed by atoms with Crippen molar-refractivity contribution < 1.29 is 0 Å². The molecule has 12 aromatic rings. The van der Waals surface area contributed by atoms with Gasteiger partial charge in [0.1, 0.15) is 0 Å². The molecule has 1 aliphatic carbocycles. The lowest BCUT2D eigenvalue weighted by molar-refractivity contribution is 0.768. The van der Waals surface area contributed by atoms with Crippen LogP contribution in [0.15, 0.2) is 243 Å². The molecule has 0 spiro atoms. The van der Waals surface area contributed by atoms with Crippen LogP contribution in [-0.2, 0) is 5.41 Å². The summed E-state index contributed by atoms with van der Waals surface area (Å²) in [7, 11) is 0. The van der Waals surface area contributed by atoms with E-state index in [1.54, 1.807) is 0 Å². The molecule has 63 heavy (non-hydrogen) atoms. The molecule has 13 rings (SSSR count). The van der Waals surface area contributed by atoms with Crippen molar-refractivity contribution in [3.8, 4) is 44.8 Å². The van der Waals surface area contributed by atoms with Crippen LogP contribution in [0.5, 0.6) is 0 Å². The third kappa shape index (κ3) is 5.25. The van der Waals surface area contributed by atoms with Crippen molar-refractivity contribution in [1.29, 1.82) is 0 Å². The fourth-order valence-corrected chi connectivity index (χ4v) is 10.9. The molecule has 0 aliphatic heterocycles. The Kier molecular flexibility index (Phi) is 7.85. The number of rotatable bonds is 6. The maximum Gasteiger partial charge on any atom is 0.0713 e. The Labute approximate surface area is 366 Å². The smallest absolute Gasteiger partial charge is 0.0713 e. The molecular formula is C61H40N2. The molecule has 0 fully saturated rings. The lowest BCUT2D eigenvalue weighted by Crippen LogP contribution is -2.28. The Morgan fingerprint density at radius 2 is 0.698 bits per heavy atom. The van der Waals surface area contributed by atoms with E-state index in [2.05, 4.69) is 252 Å². The van der Waals surface area contributed by atoms with Crippen molar-refractivity contribution in [1.82, 2.24) is 9.13 Å². The molecule has 0 unspecified atom stereocenters. The van der Waals surface area contributed by atoms with Gasteiger partial charge in [0, 0.05) is 32.9 Å². The molecular weight excluding hydrogens is 761 g/mol. The quantitative estimate of drug-likeness (QED) is 0.159. The Bertz CT molecular complexity index is 3670. The molecule has 0 atom stereocenters. The zero-order valence-electron chi connectivity index (χ0n) is 34.5. The average Bonchev–Trinajstić information content (AvgIpc) is 3.98. The normalized spacial score (nSPS) is 12.9. The van der Waals surface area contributed by atoms with Crippen molar-refractivity contribution in [2.24, 2.45) is 0 Å². The average molecular weight is 801 g/mol. The van der Waals surface area contributed by atoms with Gasteiger partial charge < -0.3 is 9.13 Å². The summed E-state index contributed by atoms with van der Waals surface area (Å²) in [6.45, 7) is 0. The predicted molar refractivity (Wildman–Crippen MR) is 263 cm³/mol. The van der Waals surface area contributed by atoms with Gasteiger partial charge in [-0.1, -0.05) is 182 Å². The highest BCUT2D eigenvalue weighted by molar-refractivity contribution is 6.12. The number of hydrogen-bond acceptors (Lipinski definition) is 0. The van der Waals surface area contributed by atoms with Crippen LogP contribution >= 0.6 is 0 Å². The van der Waals surface area contributed by atoms with Gasteiger partial charge in [-0.3, -0.25) is 0 Å². The maximum atomic E-state index is 2.43. The monoisotopic (exact) mass is 800 g/mol. The summed E-state index contributed by atoms with van der Waals surface area (Å²) in [5, 5.41) is 4.98. The molecule has 0 bridgehead atoms. The van der Waals surface area contributed by atoms with Crippen molar-refractivity contribution >= 4 is 43.6 Å². The van der Waals surface area contributed by atoms with Crippen LogP contribution in [0.2, 0.25) is 0 Å². The number of benzene rings is 10. The molecule has 1 aliphatic rings. The Hall–Kier alpha value is -8.20. The molecule has 2 heteroatoms. The number of hydrogen-bond donors (Lipinski definition) is 0. The lowest BCUT2D eigenvalue weighted by atomic mass is 9.68. The molecule has 0 saturated carbocycles.